The average Bonchev–Trinajstić information content (AvgIpc) is 2.67. The van der Waals surface area contributed by atoms with Crippen molar-refractivity contribution in [2.75, 3.05) is 13.1 Å². The summed E-state index contributed by atoms with van der Waals surface area (Å²) in [6, 6.07) is 16.6. The minimum Gasteiger partial charge on any atom is -0.445 e. The molecule has 25 heavy (non-hydrogen) atoms. The van der Waals surface area contributed by atoms with Crippen molar-refractivity contribution in [2.24, 2.45) is 0 Å². The summed E-state index contributed by atoms with van der Waals surface area (Å²) >= 11 is 0. The van der Waals surface area contributed by atoms with Gasteiger partial charge in [0.2, 0.25) is 0 Å². The van der Waals surface area contributed by atoms with Gasteiger partial charge in [-0.25, -0.2) is 9.18 Å². The van der Waals surface area contributed by atoms with Crippen LogP contribution in [0, 0.1) is 5.82 Å². The second-order valence-electron chi connectivity index (χ2n) is 6.31. The van der Waals surface area contributed by atoms with E-state index in [-0.39, 0.29) is 11.9 Å². The van der Waals surface area contributed by atoms with Gasteiger partial charge in [0.1, 0.15) is 12.4 Å². The summed E-state index contributed by atoms with van der Waals surface area (Å²) in [7, 11) is 0. The van der Waals surface area contributed by atoms with Crippen LogP contribution in [0.4, 0.5) is 9.18 Å². The van der Waals surface area contributed by atoms with Crippen molar-refractivity contribution >= 4 is 6.09 Å². The number of nitrogens with zero attached hydrogens (tertiary/aromatic N) is 1. The van der Waals surface area contributed by atoms with Gasteiger partial charge in [-0.1, -0.05) is 42.5 Å². The van der Waals surface area contributed by atoms with Gasteiger partial charge < -0.3 is 15.0 Å². The van der Waals surface area contributed by atoms with Gasteiger partial charge in [0.05, 0.1) is 0 Å². The zero-order valence-electron chi connectivity index (χ0n) is 14.2. The van der Waals surface area contributed by atoms with Gasteiger partial charge >= 0.3 is 6.09 Å². The molecule has 1 amide bonds. The molecule has 0 bridgehead atoms. The predicted octanol–water partition coefficient (Wildman–Crippen LogP) is 3.72. The van der Waals surface area contributed by atoms with Crippen LogP contribution in [-0.2, 0) is 17.9 Å². The van der Waals surface area contributed by atoms with Gasteiger partial charge in [-0.15, -0.1) is 0 Å². The number of hydrogen-bond donors (Lipinski definition) is 1. The van der Waals surface area contributed by atoms with Crippen molar-refractivity contribution in [1.82, 2.24) is 10.2 Å². The Bertz CT molecular complexity index is 668. The molecule has 1 aliphatic heterocycles. The third-order valence-corrected chi connectivity index (χ3v) is 4.47. The fourth-order valence-electron chi connectivity index (χ4n) is 2.94. The molecule has 0 aliphatic carbocycles. The summed E-state index contributed by atoms with van der Waals surface area (Å²) in [5, 5.41) is 3.47. The second-order valence-corrected chi connectivity index (χ2v) is 6.31. The number of nitrogens with one attached hydrogen (secondary N) is 1. The number of likely N-dealkylation sites (tertiary alicyclic amines) is 1. The molecule has 1 heterocycles. The molecule has 0 unspecified atom stereocenters. The number of hydrogen-bond acceptors (Lipinski definition) is 3. The van der Waals surface area contributed by atoms with Crippen molar-refractivity contribution in [3.05, 3.63) is 71.5 Å². The van der Waals surface area contributed by atoms with Crippen LogP contribution in [0.1, 0.15) is 24.0 Å². The van der Waals surface area contributed by atoms with E-state index >= 15 is 0 Å². The fourth-order valence-corrected chi connectivity index (χ4v) is 2.94. The molecule has 0 aromatic heterocycles. The summed E-state index contributed by atoms with van der Waals surface area (Å²) in [5.74, 6) is -0.217. The standard InChI is InChI=1S/C20H23FN2O2/c21-18-8-6-16(7-9-18)14-22-19-10-12-23(13-11-19)20(24)25-15-17-4-2-1-3-5-17/h1-9,19,22H,10-15H2. The minimum absolute atomic E-state index is 0.217. The third-order valence-electron chi connectivity index (χ3n) is 4.47. The summed E-state index contributed by atoms with van der Waals surface area (Å²) in [5.41, 5.74) is 2.05. The first-order valence-corrected chi connectivity index (χ1v) is 8.64. The highest BCUT2D eigenvalue weighted by Crippen LogP contribution is 2.13. The van der Waals surface area contributed by atoms with E-state index in [1.54, 1.807) is 17.0 Å². The maximum Gasteiger partial charge on any atom is 0.410 e. The Morgan fingerprint density at radius 3 is 2.40 bits per heavy atom. The van der Waals surface area contributed by atoms with Crippen LogP contribution in [0.5, 0.6) is 0 Å². The van der Waals surface area contributed by atoms with Gasteiger partial charge in [0.15, 0.2) is 0 Å². The van der Waals surface area contributed by atoms with Gasteiger partial charge in [-0.05, 0) is 36.1 Å². The van der Waals surface area contributed by atoms with E-state index < -0.39 is 0 Å². The number of halogens is 1. The number of carbonyl (C=O) groups is 1. The van der Waals surface area contributed by atoms with Crippen molar-refractivity contribution in [3.8, 4) is 0 Å². The van der Waals surface area contributed by atoms with Crippen LogP contribution in [0.15, 0.2) is 54.6 Å². The van der Waals surface area contributed by atoms with Crippen LogP contribution in [0.2, 0.25) is 0 Å². The van der Waals surface area contributed by atoms with Gasteiger partial charge in [-0.2, -0.15) is 0 Å². The Kier molecular flexibility index (Phi) is 6.01. The highest BCUT2D eigenvalue weighted by Gasteiger charge is 2.23. The number of amides is 1. The molecule has 0 spiro atoms. The monoisotopic (exact) mass is 342 g/mol. The number of rotatable bonds is 5. The van der Waals surface area contributed by atoms with Crippen molar-refractivity contribution in [2.45, 2.75) is 32.0 Å². The van der Waals surface area contributed by atoms with Crippen molar-refractivity contribution in [3.63, 3.8) is 0 Å². The molecular formula is C20H23FN2O2. The van der Waals surface area contributed by atoms with E-state index in [2.05, 4.69) is 5.32 Å². The zero-order chi connectivity index (χ0) is 17.5. The number of piperidine rings is 1. The van der Waals surface area contributed by atoms with E-state index in [9.17, 15) is 9.18 Å². The Balaban J connectivity index is 1.37. The molecule has 2 aromatic carbocycles. The van der Waals surface area contributed by atoms with Crippen molar-refractivity contribution < 1.29 is 13.9 Å². The molecule has 0 saturated carbocycles. The average molecular weight is 342 g/mol. The molecule has 1 fully saturated rings. The van der Waals surface area contributed by atoms with Gasteiger partial charge in [-0.3, -0.25) is 0 Å². The molecular weight excluding hydrogens is 319 g/mol. The third kappa shape index (κ3) is 5.29. The minimum atomic E-state index is -0.249. The summed E-state index contributed by atoms with van der Waals surface area (Å²) < 4.78 is 18.3. The molecule has 1 aliphatic rings. The number of benzene rings is 2. The SMILES string of the molecule is O=C(OCc1ccccc1)N1CCC(NCc2ccc(F)cc2)CC1. The first-order valence-electron chi connectivity index (χ1n) is 8.64. The normalized spacial score (nSPS) is 15.2. The Hall–Kier alpha value is -2.40. The van der Waals surface area contributed by atoms with Crippen LogP contribution in [-0.4, -0.2) is 30.1 Å². The van der Waals surface area contributed by atoms with Gasteiger partial charge in [0.25, 0.3) is 0 Å². The lowest BCUT2D eigenvalue weighted by molar-refractivity contribution is 0.0852. The quantitative estimate of drug-likeness (QED) is 0.900. The van der Waals surface area contributed by atoms with Crippen LogP contribution in [0.3, 0.4) is 0 Å². The molecule has 1 N–H and O–H groups in total. The molecule has 1 saturated heterocycles. The maximum atomic E-state index is 12.9. The molecule has 3 rings (SSSR count). The molecule has 0 atom stereocenters. The first-order chi connectivity index (χ1) is 12.2. The summed E-state index contributed by atoms with van der Waals surface area (Å²) in [6.45, 7) is 2.40. The lowest BCUT2D eigenvalue weighted by atomic mass is 10.0. The number of carbonyl (C=O) groups excluding carboxylic acids is 1. The van der Waals surface area contributed by atoms with Crippen molar-refractivity contribution in [1.29, 1.82) is 0 Å². The van der Waals surface area contributed by atoms with Crippen LogP contribution >= 0.6 is 0 Å². The molecule has 0 radical (unpaired) electrons. The second kappa shape index (κ2) is 8.62. The molecule has 4 nitrogen and oxygen atoms in total. The lowest BCUT2D eigenvalue weighted by Crippen LogP contribution is -2.44. The number of ether oxygens (including phenoxy) is 1. The molecule has 132 valence electrons. The highest BCUT2D eigenvalue weighted by atomic mass is 19.1. The Labute approximate surface area is 147 Å². The first kappa shape index (κ1) is 17.4. The molecule has 5 heteroatoms. The fraction of sp³-hybridized carbons (Fsp3) is 0.350. The smallest absolute Gasteiger partial charge is 0.410 e. The van der Waals surface area contributed by atoms with Crippen LogP contribution in [0.25, 0.3) is 0 Å². The summed E-state index contributed by atoms with van der Waals surface area (Å²) in [4.78, 5) is 13.9. The van der Waals surface area contributed by atoms with Gasteiger partial charge in [0, 0.05) is 25.7 Å². The maximum absolute atomic E-state index is 12.9. The van der Waals surface area contributed by atoms with E-state index in [0.29, 0.717) is 32.3 Å². The Morgan fingerprint density at radius 2 is 1.72 bits per heavy atom. The van der Waals surface area contributed by atoms with E-state index in [1.165, 1.54) is 12.1 Å². The van der Waals surface area contributed by atoms with E-state index in [4.69, 9.17) is 4.74 Å². The predicted molar refractivity (Wildman–Crippen MR) is 94.5 cm³/mol. The zero-order valence-corrected chi connectivity index (χ0v) is 14.2. The Morgan fingerprint density at radius 1 is 1.04 bits per heavy atom. The lowest BCUT2D eigenvalue weighted by Gasteiger charge is -2.31. The highest BCUT2D eigenvalue weighted by molar-refractivity contribution is 5.67. The largest absolute Gasteiger partial charge is 0.445 e. The molecule has 2 aromatic rings. The summed E-state index contributed by atoms with van der Waals surface area (Å²) in [6.07, 6.45) is 1.53. The van der Waals surface area contributed by atoms with Crippen LogP contribution < -0.4 is 5.32 Å². The van der Waals surface area contributed by atoms with E-state index in [0.717, 1.165) is 24.0 Å². The topological polar surface area (TPSA) is 41.6 Å². The van der Waals surface area contributed by atoms with E-state index in [1.807, 2.05) is 30.3 Å².